The third-order valence-electron chi connectivity index (χ3n) is 6.38. The lowest BCUT2D eigenvalue weighted by molar-refractivity contribution is -0.121. The molecule has 194 valence electrons. The molecule has 38 heavy (non-hydrogen) atoms. The van der Waals surface area contributed by atoms with Gasteiger partial charge in [-0.05, 0) is 42.3 Å². The number of fused-ring (bicyclic) bond motifs is 1. The zero-order valence-electron chi connectivity index (χ0n) is 20.9. The standard InChI is InChI=1S/C27H24Cl2N6O3/c1-4-22(24(36)10-16-5-7-21-17(9-16)13-33(2)31-21)34-14-25(38-3)20(12-27(34)37)19-11-18(28)6-8-23(19)35-15-26(29)30-32-35/h5-9,11-15,22H,4,10H2,1-3H3/t22-/m0/s1. The highest BCUT2D eigenvalue weighted by Crippen LogP contribution is 2.35. The van der Waals surface area contributed by atoms with Gasteiger partial charge in [-0.25, -0.2) is 4.68 Å². The normalized spacial score (nSPS) is 12.1. The van der Waals surface area contributed by atoms with Crippen molar-refractivity contribution in [1.82, 2.24) is 29.3 Å². The second-order valence-electron chi connectivity index (χ2n) is 8.91. The van der Waals surface area contributed by atoms with Gasteiger partial charge in [0.25, 0.3) is 5.56 Å². The molecule has 0 spiro atoms. The van der Waals surface area contributed by atoms with E-state index in [1.165, 1.54) is 22.4 Å². The van der Waals surface area contributed by atoms with Crippen molar-refractivity contribution in [2.45, 2.75) is 25.8 Å². The number of ketones is 1. The molecule has 5 rings (SSSR count). The first-order valence-corrected chi connectivity index (χ1v) is 12.7. The molecule has 0 saturated heterocycles. The first-order valence-electron chi connectivity index (χ1n) is 11.9. The largest absolute Gasteiger partial charge is 0.495 e. The van der Waals surface area contributed by atoms with E-state index in [0.29, 0.717) is 34.0 Å². The predicted octanol–water partition coefficient (Wildman–Crippen LogP) is 5.06. The number of aryl methyl sites for hydroxylation is 1. The van der Waals surface area contributed by atoms with E-state index < -0.39 is 6.04 Å². The number of carbonyl (C=O) groups is 1. The third kappa shape index (κ3) is 4.94. The van der Waals surface area contributed by atoms with Crippen molar-refractivity contribution < 1.29 is 9.53 Å². The van der Waals surface area contributed by atoms with E-state index in [-0.39, 0.29) is 22.9 Å². The Morgan fingerprint density at radius 2 is 1.87 bits per heavy atom. The molecule has 0 radical (unpaired) electrons. The fraction of sp³-hybridized carbons (Fsp3) is 0.222. The number of carbonyl (C=O) groups excluding carboxylic acids is 1. The van der Waals surface area contributed by atoms with Gasteiger partial charge >= 0.3 is 0 Å². The molecule has 0 aliphatic carbocycles. The van der Waals surface area contributed by atoms with Crippen molar-refractivity contribution in [1.29, 1.82) is 0 Å². The van der Waals surface area contributed by atoms with Gasteiger partial charge in [0.1, 0.15) is 5.75 Å². The van der Waals surface area contributed by atoms with Gasteiger partial charge in [0.15, 0.2) is 10.9 Å². The summed E-state index contributed by atoms with van der Waals surface area (Å²) in [5.74, 6) is 0.329. The van der Waals surface area contributed by atoms with Crippen LogP contribution in [-0.2, 0) is 18.3 Å². The molecule has 5 aromatic rings. The number of methoxy groups -OCH3 is 1. The Hall–Kier alpha value is -3.95. The molecule has 0 aliphatic rings. The molecule has 3 heterocycles. The Bertz CT molecular complexity index is 1720. The lowest BCUT2D eigenvalue weighted by Gasteiger charge is -2.20. The highest BCUT2D eigenvalue weighted by atomic mass is 35.5. The number of nitrogens with zero attached hydrogens (tertiary/aromatic N) is 6. The molecule has 0 N–H and O–H groups in total. The molecule has 9 nitrogen and oxygen atoms in total. The van der Waals surface area contributed by atoms with Crippen molar-refractivity contribution in [2.75, 3.05) is 7.11 Å². The maximum absolute atomic E-state index is 13.4. The number of hydrogen-bond donors (Lipinski definition) is 0. The number of rotatable bonds is 8. The van der Waals surface area contributed by atoms with Crippen LogP contribution in [0.15, 0.2) is 65.8 Å². The smallest absolute Gasteiger partial charge is 0.252 e. The SMILES string of the molecule is CC[C@@H](C(=O)Cc1ccc2nn(C)cc2c1)n1cc(OC)c(-c2cc(Cl)ccc2-n2cc(Cl)nn2)cc1=O. The van der Waals surface area contributed by atoms with Gasteiger partial charge in [0.2, 0.25) is 0 Å². The summed E-state index contributed by atoms with van der Waals surface area (Å²) < 4.78 is 10.3. The Kier molecular flexibility index (Phi) is 7.05. The number of aromatic nitrogens is 6. The molecule has 3 aromatic heterocycles. The third-order valence-corrected chi connectivity index (χ3v) is 6.79. The molecule has 2 aromatic carbocycles. The van der Waals surface area contributed by atoms with E-state index in [1.54, 1.807) is 35.3 Å². The van der Waals surface area contributed by atoms with Crippen LogP contribution >= 0.6 is 23.2 Å². The molecular weight excluding hydrogens is 527 g/mol. The zero-order valence-corrected chi connectivity index (χ0v) is 22.4. The summed E-state index contributed by atoms with van der Waals surface area (Å²) in [5, 5.41) is 13.9. The zero-order chi connectivity index (χ0) is 27.0. The summed E-state index contributed by atoms with van der Waals surface area (Å²) in [6.45, 7) is 1.88. The fourth-order valence-corrected chi connectivity index (χ4v) is 4.94. The topological polar surface area (TPSA) is 96.8 Å². The van der Waals surface area contributed by atoms with Gasteiger partial charge in [-0.3, -0.25) is 14.3 Å². The van der Waals surface area contributed by atoms with Crippen LogP contribution in [0.4, 0.5) is 0 Å². The average molecular weight is 551 g/mol. The summed E-state index contributed by atoms with van der Waals surface area (Å²) in [4.78, 5) is 26.8. The second kappa shape index (κ2) is 10.4. The van der Waals surface area contributed by atoms with Crippen LogP contribution in [-0.4, -0.2) is 42.2 Å². The number of ether oxygens (including phenoxy) is 1. The number of Topliss-reactive ketones (excluding diaryl/α,β-unsaturated/α-hetero) is 1. The van der Waals surface area contributed by atoms with Crippen LogP contribution in [0.3, 0.4) is 0 Å². The minimum Gasteiger partial charge on any atom is -0.495 e. The molecule has 0 bridgehead atoms. The van der Waals surface area contributed by atoms with Crippen molar-refractivity contribution in [3.05, 3.63) is 87.1 Å². The number of halogens is 2. The van der Waals surface area contributed by atoms with Crippen LogP contribution in [0.5, 0.6) is 5.75 Å². The molecule has 0 unspecified atom stereocenters. The van der Waals surface area contributed by atoms with E-state index in [4.69, 9.17) is 27.9 Å². The Morgan fingerprint density at radius 1 is 1.05 bits per heavy atom. The van der Waals surface area contributed by atoms with Crippen molar-refractivity contribution in [3.63, 3.8) is 0 Å². The Morgan fingerprint density at radius 3 is 2.58 bits per heavy atom. The van der Waals surface area contributed by atoms with Gasteiger partial charge in [0.05, 0.1) is 36.7 Å². The first-order chi connectivity index (χ1) is 18.3. The number of hydrogen-bond acceptors (Lipinski definition) is 6. The lowest BCUT2D eigenvalue weighted by atomic mass is 9.99. The summed E-state index contributed by atoms with van der Waals surface area (Å²) in [5.41, 5.74) is 3.09. The minimum atomic E-state index is -0.664. The Labute approximate surface area is 228 Å². The maximum Gasteiger partial charge on any atom is 0.252 e. The van der Waals surface area contributed by atoms with Crippen LogP contribution < -0.4 is 10.3 Å². The van der Waals surface area contributed by atoms with Crippen LogP contribution in [0.2, 0.25) is 10.2 Å². The summed E-state index contributed by atoms with van der Waals surface area (Å²) in [7, 11) is 3.37. The predicted molar refractivity (Wildman–Crippen MR) is 146 cm³/mol. The monoisotopic (exact) mass is 550 g/mol. The van der Waals surface area contributed by atoms with Gasteiger partial charge in [-0.2, -0.15) is 5.10 Å². The number of pyridine rings is 1. The summed E-state index contributed by atoms with van der Waals surface area (Å²) in [6, 6.07) is 11.7. The van der Waals surface area contributed by atoms with Gasteiger partial charge in [-0.1, -0.05) is 41.4 Å². The van der Waals surface area contributed by atoms with E-state index in [2.05, 4.69) is 15.4 Å². The van der Waals surface area contributed by atoms with E-state index in [9.17, 15) is 9.59 Å². The fourth-order valence-electron chi connectivity index (χ4n) is 4.64. The minimum absolute atomic E-state index is 0.0756. The van der Waals surface area contributed by atoms with E-state index >= 15 is 0 Å². The van der Waals surface area contributed by atoms with Gasteiger partial charge in [-0.15, -0.1) is 5.10 Å². The molecule has 0 amide bonds. The molecule has 0 saturated carbocycles. The average Bonchev–Trinajstić information content (AvgIpc) is 3.49. The quantitative estimate of drug-likeness (QED) is 0.268. The van der Waals surface area contributed by atoms with E-state index in [1.807, 2.05) is 38.4 Å². The maximum atomic E-state index is 13.4. The van der Waals surface area contributed by atoms with Crippen LogP contribution in [0, 0.1) is 0 Å². The van der Waals surface area contributed by atoms with Crippen molar-refractivity contribution >= 4 is 39.9 Å². The molecule has 1 atom stereocenters. The lowest BCUT2D eigenvalue weighted by Crippen LogP contribution is -2.30. The summed E-state index contributed by atoms with van der Waals surface area (Å²) >= 11 is 12.3. The molecule has 0 aliphatic heterocycles. The van der Waals surface area contributed by atoms with Crippen molar-refractivity contribution in [2.24, 2.45) is 7.05 Å². The van der Waals surface area contributed by atoms with E-state index in [0.717, 1.165) is 16.5 Å². The van der Waals surface area contributed by atoms with Crippen LogP contribution in [0.25, 0.3) is 27.7 Å². The van der Waals surface area contributed by atoms with Crippen LogP contribution in [0.1, 0.15) is 24.9 Å². The molecule has 11 heteroatoms. The Balaban J connectivity index is 1.52. The van der Waals surface area contributed by atoms with Gasteiger partial charge < -0.3 is 9.30 Å². The second-order valence-corrected chi connectivity index (χ2v) is 9.74. The number of benzene rings is 2. The van der Waals surface area contributed by atoms with Gasteiger partial charge in [0, 0.05) is 47.3 Å². The highest BCUT2D eigenvalue weighted by Gasteiger charge is 2.23. The first kappa shape index (κ1) is 25.7. The molecule has 0 fully saturated rings. The molecular formula is C27H24Cl2N6O3. The highest BCUT2D eigenvalue weighted by molar-refractivity contribution is 6.31. The summed E-state index contributed by atoms with van der Waals surface area (Å²) in [6.07, 6.45) is 5.66. The van der Waals surface area contributed by atoms with Crippen molar-refractivity contribution in [3.8, 4) is 22.6 Å².